The number of rotatable bonds is 9. The molecule has 1 saturated heterocycles. The van der Waals surface area contributed by atoms with E-state index in [-0.39, 0.29) is 24.4 Å². The molecule has 1 aromatic carbocycles. The fourth-order valence-corrected chi connectivity index (χ4v) is 3.00. The van der Waals surface area contributed by atoms with Gasteiger partial charge in [-0.3, -0.25) is 14.5 Å². The number of carbonyl (C=O) groups is 2. The average molecular weight is 333 g/mol. The van der Waals surface area contributed by atoms with Crippen LogP contribution in [0.3, 0.4) is 0 Å². The van der Waals surface area contributed by atoms with E-state index in [1.165, 1.54) is 0 Å². The van der Waals surface area contributed by atoms with Crippen LogP contribution < -0.4 is 10.2 Å². The van der Waals surface area contributed by atoms with Crippen molar-refractivity contribution in [2.24, 2.45) is 0 Å². The van der Waals surface area contributed by atoms with Crippen molar-refractivity contribution in [2.75, 3.05) is 44.8 Å². The molecular formula is C18H27N3O3. The molecule has 6 heteroatoms. The lowest BCUT2D eigenvalue weighted by Gasteiger charge is -2.26. The molecule has 6 nitrogen and oxygen atoms in total. The van der Waals surface area contributed by atoms with Gasteiger partial charge < -0.3 is 15.0 Å². The van der Waals surface area contributed by atoms with Crippen molar-refractivity contribution in [3.8, 4) is 0 Å². The Morgan fingerprint density at radius 3 is 2.79 bits per heavy atom. The molecule has 132 valence electrons. The lowest BCUT2D eigenvalue weighted by molar-refractivity contribution is -0.125. The largest absolute Gasteiger partial charge is 0.385 e. The zero-order valence-electron chi connectivity index (χ0n) is 14.5. The Balaban J connectivity index is 1.89. The Morgan fingerprint density at radius 2 is 2.12 bits per heavy atom. The van der Waals surface area contributed by atoms with E-state index in [0.29, 0.717) is 26.2 Å². The SMILES string of the molecule is CCN(CC(=O)NCCCOC)C1CCN(c2ccccc2)C1=O. The highest BCUT2D eigenvalue weighted by Crippen LogP contribution is 2.23. The zero-order valence-corrected chi connectivity index (χ0v) is 14.5. The summed E-state index contributed by atoms with van der Waals surface area (Å²) in [7, 11) is 1.64. The maximum atomic E-state index is 12.7. The van der Waals surface area contributed by atoms with E-state index < -0.39 is 0 Å². The number of nitrogens with one attached hydrogen (secondary N) is 1. The van der Waals surface area contributed by atoms with Crippen molar-refractivity contribution in [3.05, 3.63) is 30.3 Å². The molecule has 0 aliphatic carbocycles. The Labute approximate surface area is 143 Å². The minimum Gasteiger partial charge on any atom is -0.385 e. The summed E-state index contributed by atoms with van der Waals surface area (Å²) in [6.45, 7) is 4.83. The molecule has 1 N–H and O–H groups in total. The zero-order chi connectivity index (χ0) is 17.4. The minimum absolute atomic E-state index is 0.0427. The second-order valence-corrected chi connectivity index (χ2v) is 5.89. The lowest BCUT2D eigenvalue weighted by atomic mass is 10.2. The van der Waals surface area contributed by atoms with E-state index in [1.54, 1.807) is 7.11 Å². The number of methoxy groups -OCH3 is 1. The Bertz CT molecular complexity index is 536. The van der Waals surface area contributed by atoms with Gasteiger partial charge >= 0.3 is 0 Å². The van der Waals surface area contributed by atoms with Crippen LogP contribution in [0.5, 0.6) is 0 Å². The molecule has 1 aliphatic rings. The summed E-state index contributed by atoms with van der Waals surface area (Å²) >= 11 is 0. The van der Waals surface area contributed by atoms with Crippen molar-refractivity contribution in [2.45, 2.75) is 25.8 Å². The first-order chi connectivity index (χ1) is 11.7. The Kier molecular flexibility index (Phi) is 7.21. The molecule has 0 bridgehead atoms. The van der Waals surface area contributed by atoms with E-state index in [2.05, 4.69) is 5.32 Å². The molecule has 1 fully saturated rings. The maximum absolute atomic E-state index is 12.7. The molecule has 0 saturated carbocycles. The fourth-order valence-electron chi connectivity index (χ4n) is 3.00. The van der Waals surface area contributed by atoms with Crippen molar-refractivity contribution >= 4 is 17.5 Å². The highest BCUT2D eigenvalue weighted by atomic mass is 16.5. The predicted octanol–water partition coefficient (Wildman–Crippen LogP) is 1.27. The maximum Gasteiger partial charge on any atom is 0.244 e. The molecule has 0 aromatic heterocycles. The first-order valence-electron chi connectivity index (χ1n) is 8.53. The number of anilines is 1. The number of likely N-dealkylation sites (N-methyl/N-ethyl adjacent to an activating group) is 1. The molecule has 1 aliphatic heterocycles. The number of carbonyl (C=O) groups excluding carboxylic acids is 2. The van der Waals surface area contributed by atoms with Gasteiger partial charge in [-0.25, -0.2) is 0 Å². The van der Waals surface area contributed by atoms with Crippen LogP contribution >= 0.6 is 0 Å². The van der Waals surface area contributed by atoms with Gasteiger partial charge in [-0.15, -0.1) is 0 Å². The summed E-state index contributed by atoms with van der Waals surface area (Å²) < 4.78 is 4.96. The van der Waals surface area contributed by atoms with Gasteiger partial charge in [0.1, 0.15) is 0 Å². The third kappa shape index (κ3) is 4.79. The Hall–Kier alpha value is -1.92. The highest BCUT2D eigenvalue weighted by molar-refractivity contribution is 5.99. The summed E-state index contributed by atoms with van der Waals surface area (Å²) in [6.07, 6.45) is 1.54. The molecule has 1 heterocycles. The molecular weight excluding hydrogens is 306 g/mol. The van der Waals surface area contributed by atoms with Crippen molar-refractivity contribution in [1.82, 2.24) is 10.2 Å². The first kappa shape index (κ1) is 18.4. The normalized spacial score (nSPS) is 17.5. The monoisotopic (exact) mass is 333 g/mol. The molecule has 1 atom stereocenters. The van der Waals surface area contributed by atoms with E-state index in [4.69, 9.17) is 4.74 Å². The van der Waals surface area contributed by atoms with Crippen LogP contribution in [-0.4, -0.2) is 62.7 Å². The molecule has 0 radical (unpaired) electrons. The number of para-hydroxylation sites is 1. The van der Waals surface area contributed by atoms with E-state index in [0.717, 1.165) is 18.5 Å². The standard InChI is InChI=1S/C18H27N3O3/c1-3-20(14-17(22)19-11-7-13-24-2)16-10-12-21(18(16)23)15-8-5-4-6-9-15/h4-6,8-9,16H,3,7,10-14H2,1-2H3,(H,19,22). The first-order valence-corrected chi connectivity index (χ1v) is 8.53. The lowest BCUT2D eigenvalue weighted by Crippen LogP contribution is -2.46. The number of benzene rings is 1. The summed E-state index contributed by atoms with van der Waals surface area (Å²) in [5, 5.41) is 2.88. The average Bonchev–Trinajstić information content (AvgIpc) is 2.99. The van der Waals surface area contributed by atoms with Crippen LogP contribution in [0.15, 0.2) is 30.3 Å². The number of nitrogens with zero attached hydrogens (tertiary/aromatic N) is 2. The summed E-state index contributed by atoms with van der Waals surface area (Å²) in [4.78, 5) is 28.6. The summed E-state index contributed by atoms with van der Waals surface area (Å²) in [6, 6.07) is 9.47. The van der Waals surface area contributed by atoms with Crippen LogP contribution in [0.4, 0.5) is 5.69 Å². The van der Waals surface area contributed by atoms with E-state index >= 15 is 0 Å². The van der Waals surface area contributed by atoms with Crippen molar-refractivity contribution < 1.29 is 14.3 Å². The quantitative estimate of drug-likeness (QED) is 0.691. The van der Waals surface area contributed by atoms with Crippen molar-refractivity contribution in [3.63, 3.8) is 0 Å². The van der Waals surface area contributed by atoms with Gasteiger partial charge in [0.05, 0.1) is 12.6 Å². The second kappa shape index (κ2) is 9.39. The smallest absolute Gasteiger partial charge is 0.244 e. The number of hydrogen-bond donors (Lipinski definition) is 1. The number of hydrogen-bond acceptors (Lipinski definition) is 4. The second-order valence-electron chi connectivity index (χ2n) is 5.89. The molecule has 0 spiro atoms. The van der Waals surface area contributed by atoms with Crippen LogP contribution in [0.25, 0.3) is 0 Å². The molecule has 2 amide bonds. The van der Waals surface area contributed by atoms with Crippen LogP contribution in [0.2, 0.25) is 0 Å². The minimum atomic E-state index is -0.222. The van der Waals surface area contributed by atoms with E-state index in [1.807, 2.05) is 47.1 Å². The highest BCUT2D eigenvalue weighted by Gasteiger charge is 2.36. The predicted molar refractivity (Wildman–Crippen MR) is 93.9 cm³/mol. The van der Waals surface area contributed by atoms with Gasteiger partial charge in [0.15, 0.2) is 0 Å². The van der Waals surface area contributed by atoms with Gasteiger partial charge in [-0.1, -0.05) is 25.1 Å². The van der Waals surface area contributed by atoms with Crippen molar-refractivity contribution in [1.29, 1.82) is 0 Å². The third-order valence-electron chi connectivity index (χ3n) is 4.29. The van der Waals surface area contributed by atoms with Gasteiger partial charge in [0.2, 0.25) is 11.8 Å². The van der Waals surface area contributed by atoms with Gasteiger partial charge in [0.25, 0.3) is 0 Å². The van der Waals surface area contributed by atoms with E-state index in [9.17, 15) is 9.59 Å². The fraction of sp³-hybridized carbons (Fsp3) is 0.556. The molecule has 24 heavy (non-hydrogen) atoms. The van der Waals surface area contributed by atoms with Crippen LogP contribution in [0, 0.1) is 0 Å². The van der Waals surface area contributed by atoms with Crippen LogP contribution in [0.1, 0.15) is 19.8 Å². The number of ether oxygens (including phenoxy) is 1. The number of amides is 2. The summed E-state index contributed by atoms with van der Waals surface area (Å²) in [5.41, 5.74) is 0.921. The van der Waals surface area contributed by atoms with Gasteiger partial charge in [-0.2, -0.15) is 0 Å². The topological polar surface area (TPSA) is 61.9 Å². The molecule has 2 rings (SSSR count). The molecule has 1 aromatic rings. The third-order valence-corrected chi connectivity index (χ3v) is 4.29. The Morgan fingerprint density at radius 1 is 1.38 bits per heavy atom. The van der Waals surface area contributed by atoms with Gasteiger partial charge in [0, 0.05) is 32.5 Å². The molecule has 1 unspecified atom stereocenters. The van der Waals surface area contributed by atoms with Crippen LogP contribution in [-0.2, 0) is 14.3 Å². The van der Waals surface area contributed by atoms with Gasteiger partial charge in [-0.05, 0) is 31.5 Å². The summed E-state index contributed by atoms with van der Waals surface area (Å²) in [5.74, 6) is 0.0362.